The van der Waals surface area contributed by atoms with Crippen molar-refractivity contribution in [3.63, 3.8) is 0 Å². The monoisotopic (exact) mass is 224 g/mol. The predicted molar refractivity (Wildman–Crippen MR) is 61.8 cm³/mol. The van der Waals surface area contributed by atoms with Gasteiger partial charge in [-0.1, -0.05) is 13.8 Å². The molecule has 16 heavy (non-hydrogen) atoms. The van der Waals surface area contributed by atoms with E-state index in [1.807, 2.05) is 13.8 Å². The molecule has 0 fully saturated rings. The van der Waals surface area contributed by atoms with Gasteiger partial charge in [0, 0.05) is 0 Å². The molecule has 0 saturated carbocycles. The standard InChI is InChI=1S/C12H20N2O2/c1-4-11(15-9-6-7-13)12(5-2)16-10-8-14-3/h11-12H,4-6,8-10H2,1-2H3. The molecule has 0 aromatic heterocycles. The van der Waals surface area contributed by atoms with Gasteiger partial charge in [0.25, 0.3) is 0 Å². The Kier molecular flexibility index (Phi) is 9.70. The largest absolute Gasteiger partial charge is 0.374 e. The maximum atomic E-state index is 8.43. The Hall–Kier alpha value is -1.10. The van der Waals surface area contributed by atoms with E-state index < -0.39 is 0 Å². The van der Waals surface area contributed by atoms with Gasteiger partial charge in [-0.25, -0.2) is 6.57 Å². The first-order valence-electron chi connectivity index (χ1n) is 5.73. The first-order chi connectivity index (χ1) is 7.79. The maximum Gasteiger partial charge on any atom is 0.237 e. The number of hydrogen-bond donors (Lipinski definition) is 0. The highest BCUT2D eigenvalue weighted by Gasteiger charge is 2.19. The van der Waals surface area contributed by atoms with Gasteiger partial charge >= 0.3 is 0 Å². The van der Waals surface area contributed by atoms with Crippen LogP contribution in [0.15, 0.2) is 0 Å². The van der Waals surface area contributed by atoms with Crippen LogP contribution in [0.2, 0.25) is 0 Å². The molecule has 0 spiro atoms. The lowest BCUT2D eigenvalue weighted by Crippen LogP contribution is -2.31. The van der Waals surface area contributed by atoms with Gasteiger partial charge in [-0.2, -0.15) is 5.26 Å². The zero-order valence-corrected chi connectivity index (χ0v) is 10.1. The van der Waals surface area contributed by atoms with Gasteiger partial charge < -0.3 is 14.3 Å². The molecule has 0 N–H and O–H groups in total. The number of hydrogen-bond acceptors (Lipinski definition) is 3. The van der Waals surface area contributed by atoms with Crippen LogP contribution in [-0.2, 0) is 9.47 Å². The highest BCUT2D eigenvalue weighted by atomic mass is 16.5. The normalized spacial score (nSPS) is 13.8. The van der Waals surface area contributed by atoms with E-state index in [1.165, 1.54) is 0 Å². The van der Waals surface area contributed by atoms with Crippen LogP contribution in [0.25, 0.3) is 4.85 Å². The summed E-state index contributed by atoms with van der Waals surface area (Å²) in [7, 11) is 0. The summed E-state index contributed by atoms with van der Waals surface area (Å²) in [5, 5.41) is 8.43. The van der Waals surface area contributed by atoms with E-state index in [1.54, 1.807) is 0 Å². The van der Waals surface area contributed by atoms with Crippen LogP contribution in [0.5, 0.6) is 0 Å². The molecule has 2 unspecified atom stereocenters. The topological polar surface area (TPSA) is 46.6 Å². The number of nitrogens with zero attached hydrogens (tertiary/aromatic N) is 2. The minimum Gasteiger partial charge on any atom is -0.374 e. The Balaban J connectivity index is 3.96. The van der Waals surface area contributed by atoms with Crippen LogP contribution >= 0.6 is 0 Å². The Labute approximate surface area is 98.0 Å². The summed E-state index contributed by atoms with van der Waals surface area (Å²) < 4.78 is 11.2. The molecule has 0 aromatic rings. The molecule has 0 heterocycles. The summed E-state index contributed by atoms with van der Waals surface area (Å²) in [4.78, 5) is 3.24. The van der Waals surface area contributed by atoms with E-state index in [9.17, 15) is 0 Å². The Morgan fingerprint density at radius 1 is 1.19 bits per heavy atom. The second-order valence-electron chi connectivity index (χ2n) is 3.42. The summed E-state index contributed by atoms with van der Waals surface area (Å²) in [6.07, 6.45) is 2.20. The smallest absolute Gasteiger partial charge is 0.237 e. The average Bonchev–Trinajstić information content (AvgIpc) is 2.31. The minimum atomic E-state index is 0.0316. The fourth-order valence-corrected chi connectivity index (χ4v) is 1.48. The summed E-state index contributed by atoms with van der Waals surface area (Å²) in [5.41, 5.74) is 0. The highest BCUT2D eigenvalue weighted by Crippen LogP contribution is 2.12. The lowest BCUT2D eigenvalue weighted by molar-refractivity contribution is -0.0716. The van der Waals surface area contributed by atoms with Crippen LogP contribution in [0.1, 0.15) is 33.1 Å². The van der Waals surface area contributed by atoms with Crippen LogP contribution in [-0.4, -0.2) is 32.0 Å². The van der Waals surface area contributed by atoms with Crippen molar-refractivity contribution < 1.29 is 9.47 Å². The average molecular weight is 224 g/mol. The number of nitriles is 1. The molecule has 0 aromatic carbocycles. The Morgan fingerprint density at radius 3 is 2.19 bits per heavy atom. The molecule has 4 nitrogen and oxygen atoms in total. The van der Waals surface area contributed by atoms with Crippen molar-refractivity contribution >= 4 is 0 Å². The van der Waals surface area contributed by atoms with Crippen LogP contribution < -0.4 is 0 Å². The minimum absolute atomic E-state index is 0.0316. The molecule has 0 amide bonds. The summed E-state index contributed by atoms with van der Waals surface area (Å²) >= 11 is 0. The predicted octanol–water partition coefficient (Wildman–Crippen LogP) is 2.41. The lowest BCUT2D eigenvalue weighted by Gasteiger charge is -2.24. The summed E-state index contributed by atoms with van der Waals surface area (Å²) in [6, 6.07) is 2.05. The fourth-order valence-electron chi connectivity index (χ4n) is 1.48. The quantitative estimate of drug-likeness (QED) is 0.446. The van der Waals surface area contributed by atoms with E-state index in [0.717, 1.165) is 12.8 Å². The number of ether oxygens (including phenoxy) is 2. The van der Waals surface area contributed by atoms with Crippen molar-refractivity contribution in [3.05, 3.63) is 11.4 Å². The second kappa shape index (κ2) is 10.4. The van der Waals surface area contributed by atoms with Crippen molar-refractivity contribution in [2.75, 3.05) is 19.8 Å². The highest BCUT2D eigenvalue weighted by molar-refractivity contribution is 4.72. The molecule has 4 heteroatoms. The van der Waals surface area contributed by atoms with Crippen molar-refractivity contribution in [2.45, 2.75) is 45.3 Å². The summed E-state index contributed by atoms with van der Waals surface area (Å²) in [5.74, 6) is 0. The molecule has 90 valence electrons. The van der Waals surface area contributed by atoms with E-state index in [0.29, 0.717) is 26.2 Å². The van der Waals surface area contributed by atoms with Gasteiger partial charge in [0.15, 0.2) is 0 Å². The van der Waals surface area contributed by atoms with Crippen molar-refractivity contribution in [2.24, 2.45) is 0 Å². The molecular weight excluding hydrogens is 204 g/mol. The molecule has 0 radical (unpaired) electrons. The zero-order valence-electron chi connectivity index (χ0n) is 10.1. The molecule has 0 aliphatic rings. The van der Waals surface area contributed by atoms with E-state index in [2.05, 4.69) is 10.9 Å². The maximum absolute atomic E-state index is 8.43. The van der Waals surface area contributed by atoms with Gasteiger partial charge in [0.1, 0.15) is 6.61 Å². The molecule has 0 saturated heterocycles. The molecule has 0 bridgehead atoms. The van der Waals surface area contributed by atoms with E-state index in [4.69, 9.17) is 21.3 Å². The van der Waals surface area contributed by atoms with Gasteiger partial charge in [0.2, 0.25) is 6.54 Å². The molecule has 0 rings (SSSR count). The fraction of sp³-hybridized carbons (Fsp3) is 0.833. The van der Waals surface area contributed by atoms with Crippen molar-refractivity contribution in [3.8, 4) is 6.07 Å². The second-order valence-corrected chi connectivity index (χ2v) is 3.42. The Bertz CT molecular complexity index is 216. The Morgan fingerprint density at radius 2 is 1.75 bits per heavy atom. The summed E-state index contributed by atoms with van der Waals surface area (Å²) in [6.45, 7) is 12.1. The van der Waals surface area contributed by atoms with Gasteiger partial charge in [-0.15, -0.1) is 0 Å². The third-order valence-electron chi connectivity index (χ3n) is 2.30. The zero-order chi connectivity index (χ0) is 12.2. The third-order valence-corrected chi connectivity index (χ3v) is 2.30. The number of rotatable bonds is 9. The van der Waals surface area contributed by atoms with E-state index >= 15 is 0 Å². The molecule has 2 atom stereocenters. The van der Waals surface area contributed by atoms with E-state index in [-0.39, 0.29) is 12.2 Å². The van der Waals surface area contributed by atoms with Crippen molar-refractivity contribution in [1.82, 2.24) is 0 Å². The van der Waals surface area contributed by atoms with Gasteiger partial charge in [-0.3, -0.25) is 0 Å². The van der Waals surface area contributed by atoms with Crippen LogP contribution in [0.3, 0.4) is 0 Å². The van der Waals surface area contributed by atoms with Crippen LogP contribution in [0, 0.1) is 17.9 Å². The lowest BCUT2D eigenvalue weighted by atomic mass is 10.1. The molecule has 0 aliphatic heterocycles. The van der Waals surface area contributed by atoms with Gasteiger partial charge in [0.05, 0.1) is 31.3 Å². The van der Waals surface area contributed by atoms with Crippen LogP contribution in [0.4, 0.5) is 0 Å². The molecular formula is C12H20N2O2. The molecule has 0 aliphatic carbocycles. The first-order valence-corrected chi connectivity index (χ1v) is 5.73. The first kappa shape index (κ1) is 14.9. The third kappa shape index (κ3) is 6.40. The SMILES string of the molecule is [C-]#[N+]CCOC(CC)C(CC)OCCC#N. The van der Waals surface area contributed by atoms with Gasteiger partial charge in [-0.05, 0) is 12.8 Å². The van der Waals surface area contributed by atoms with Crippen molar-refractivity contribution in [1.29, 1.82) is 5.26 Å².